The van der Waals surface area contributed by atoms with E-state index in [1.54, 1.807) is 0 Å². The number of piperidine rings is 3. The van der Waals surface area contributed by atoms with Crippen molar-refractivity contribution in [3.05, 3.63) is 47.8 Å². The Labute approximate surface area is 294 Å². The van der Waals surface area contributed by atoms with Gasteiger partial charge in [0.15, 0.2) is 0 Å². The molecule has 4 aliphatic rings. The SMILES string of the molecule is CC(C)C1CCN(CC2=CNCN2C)CC1.CC(C)C1CCN(Cc2ccn(C)n2)CC1.CC(C)C1CCN(Cc2cnn(C)c2)CC1. The van der Waals surface area contributed by atoms with Crippen molar-refractivity contribution >= 4 is 0 Å². The van der Waals surface area contributed by atoms with Gasteiger partial charge in [-0.25, -0.2) is 0 Å². The summed E-state index contributed by atoms with van der Waals surface area (Å²) in [7, 11) is 6.12. The van der Waals surface area contributed by atoms with Gasteiger partial charge in [0.1, 0.15) is 0 Å². The zero-order valence-electron chi connectivity index (χ0n) is 32.2. The van der Waals surface area contributed by atoms with Gasteiger partial charge < -0.3 is 10.2 Å². The maximum Gasteiger partial charge on any atom is 0.0867 e. The van der Waals surface area contributed by atoms with E-state index in [-0.39, 0.29) is 0 Å². The van der Waals surface area contributed by atoms with Crippen LogP contribution in [0.3, 0.4) is 0 Å². The van der Waals surface area contributed by atoms with E-state index in [0.717, 1.165) is 61.8 Å². The lowest BCUT2D eigenvalue weighted by Crippen LogP contribution is -2.38. The van der Waals surface area contributed by atoms with E-state index in [1.807, 2.05) is 35.9 Å². The number of rotatable bonds is 9. The van der Waals surface area contributed by atoms with Crippen molar-refractivity contribution in [2.24, 2.45) is 49.6 Å². The Morgan fingerprint density at radius 2 is 1.15 bits per heavy atom. The fraction of sp³-hybridized carbons (Fsp3) is 0.795. The first-order valence-electron chi connectivity index (χ1n) is 19.2. The van der Waals surface area contributed by atoms with Crippen LogP contribution in [-0.2, 0) is 27.2 Å². The maximum atomic E-state index is 4.43. The molecular weight excluding hydrogens is 594 g/mol. The van der Waals surface area contributed by atoms with E-state index in [1.165, 1.54) is 94.7 Å². The topological polar surface area (TPSA) is 60.6 Å². The Kier molecular flexibility index (Phi) is 15.3. The normalized spacial score (nSPS) is 20.9. The summed E-state index contributed by atoms with van der Waals surface area (Å²) in [6, 6.07) is 2.12. The Bertz CT molecular complexity index is 1120. The Morgan fingerprint density at radius 3 is 1.52 bits per heavy atom. The lowest BCUT2D eigenvalue weighted by atomic mass is 9.87. The lowest BCUT2D eigenvalue weighted by Gasteiger charge is -2.34. The Hall–Kier alpha value is -2.36. The lowest BCUT2D eigenvalue weighted by molar-refractivity contribution is 0.150. The largest absolute Gasteiger partial charge is 0.372 e. The zero-order valence-corrected chi connectivity index (χ0v) is 32.2. The van der Waals surface area contributed by atoms with Crippen molar-refractivity contribution in [1.29, 1.82) is 0 Å². The van der Waals surface area contributed by atoms with Crippen LogP contribution in [0.1, 0.15) is 91.3 Å². The third-order valence-electron chi connectivity index (χ3n) is 11.5. The van der Waals surface area contributed by atoms with Crippen LogP contribution >= 0.6 is 0 Å². The fourth-order valence-corrected chi connectivity index (χ4v) is 7.83. The molecule has 0 atom stereocenters. The molecule has 2 aromatic rings. The van der Waals surface area contributed by atoms with Gasteiger partial charge >= 0.3 is 0 Å². The molecule has 9 heteroatoms. The van der Waals surface area contributed by atoms with Crippen LogP contribution < -0.4 is 5.32 Å². The summed E-state index contributed by atoms with van der Waals surface area (Å²) in [5.74, 6) is 5.37. The number of likely N-dealkylation sites (N-methyl/N-ethyl adjacent to an activating group) is 1. The minimum absolute atomic E-state index is 0.844. The molecule has 0 radical (unpaired) electrons. The van der Waals surface area contributed by atoms with Gasteiger partial charge in [0, 0.05) is 70.6 Å². The van der Waals surface area contributed by atoms with Gasteiger partial charge in [-0.3, -0.25) is 24.1 Å². The average molecular weight is 666 g/mol. The molecule has 0 unspecified atom stereocenters. The van der Waals surface area contributed by atoms with Crippen LogP contribution in [0.15, 0.2) is 36.6 Å². The van der Waals surface area contributed by atoms with Crippen molar-refractivity contribution in [2.75, 3.05) is 59.5 Å². The number of aromatic nitrogens is 4. The molecule has 0 spiro atoms. The summed E-state index contributed by atoms with van der Waals surface area (Å²) in [4.78, 5) is 9.97. The van der Waals surface area contributed by atoms with Crippen LogP contribution in [0.5, 0.6) is 0 Å². The average Bonchev–Trinajstić information content (AvgIpc) is 3.79. The molecule has 6 heterocycles. The van der Waals surface area contributed by atoms with E-state index in [4.69, 9.17) is 0 Å². The van der Waals surface area contributed by atoms with Gasteiger partial charge in [-0.15, -0.1) is 0 Å². The number of aryl methyl sites for hydroxylation is 2. The first-order valence-corrected chi connectivity index (χ1v) is 19.2. The van der Waals surface area contributed by atoms with Crippen molar-refractivity contribution < 1.29 is 0 Å². The van der Waals surface area contributed by atoms with E-state index in [2.05, 4.69) is 102 Å². The van der Waals surface area contributed by atoms with Gasteiger partial charge in [-0.05, 0) is 119 Å². The highest BCUT2D eigenvalue weighted by Gasteiger charge is 2.24. The molecule has 0 amide bonds. The summed E-state index contributed by atoms with van der Waals surface area (Å²) in [6.45, 7) is 25.8. The molecule has 9 nitrogen and oxygen atoms in total. The number of hydrogen-bond acceptors (Lipinski definition) is 7. The van der Waals surface area contributed by atoms with E-state index < -0.39 is 0 Å². The molecule has 1 N–H and O–H groups in total. The van der Waals surface area contributed by atoms with Crippen molar-refractivity contribution in [1.82, 2.24) is 44.5 Å². The van der Waals surface area contributed by atoms with Crippen molar-refractivity contribution in [3.8, 4) is 0 Å². The van der Waals surface area contributed by atoms with E-state index in [0.29, 0.717) is 0 Å². The first kappa shape index (κ1) is 38.4. The number of hydrogen-bond donors (Lipinski definition) is 1. The highest BCUT2D eigenvalue weighted by molar-refractivity contribution is 5.07. The molecule has 3 fully saturated rings. The van der Waals surface area contributed by atoms with Crippen LogP contribution in [0.25, 0.3) is 0 Å². The molecule has 3 saturated heterocycles. The minimum Gasteiger partial charge on any atom is -0.372 e. The van der Waals surface area contributed by atoms with Crippen molar-refractivity contribution in [2.45, 2.75) is 93.2 Å². The second-order valence-corrected chi connectivity index (χ2v) is 16.3. The number of likely N-dealkylation sites (tertiary alicyclic amines) is 3. The quantitative estimate of drug-likeness (QED) is 0.339. The molecule has 48 heavy (non-hydrogen) atoms. The van der Waals surface area contributed by atoms with Gasteiger partial charge in [0.2, 0.25) is 0 Å². The van der Waals surface area contributed by atoms with Crippen LogP contribution in [0.2, 0.25) is 0 Å². The fourth-order valence-electron chi connectivity index (χ4n) is 7.83. The van der Waals surface area contributed by atoms with E-state index in [9.17, 15) is 0 Å². The number of nitrogens with zero attached hydrogens (tertiary/aromatic N) is 8. The van der Waals surface area contributed by atoms with Crippen LogP contribution in [-0.4, -0.2) is 98.7 Å². The molecule has 2 aromatic heterocycles. The first-order chi connectivity index (χ1) is 23.0. The van der Waals surface area contributed by atoms with Gasteiger partial charge in [0.25, 0.3) is 0 Å². The smallest absolute Gasteiger partial charge is 0.0867 e. The van der Waals surface area contributed by atoms with Gasteiger partial charge in [0.05, 0.1) is 18.6 Å². The standard InChI is InChI=1S/2C13H23N3.C13H25N3/c1-11(2)12-4-8-16(9-5-12)10-13-6-7-15(3)14-13;1-11(2)13-4-6-16(7-5-13)10-12-8-14-15(3)9-12;1-11(2)12-4-6-16(7-5-12)9-13-8-14-10-15(13)3/h6-7,11-12H,4-5,8-10H2,1-3H3;8-9,11,13H,4-7,10H2,1-3H3;8,11-12,14H,4-7,9-10H2,1-3H3. The van der Waals surface area contributed by atoms with Gasteiger partial charge in [-0.1, -0.05) is 41.5 Å². The van der Waals surface area contributed by atoms with Gasteiger partial charge in [-0.2, -0.15) is 10.2 Å². The minimum atomic E-state index is 0.844. The molecule has 0 aromatic carbocycles. The Balaban J connectivity index is 0.000000163. The summed E-state index contributed by atoms with van der Waals surface area (Å²) in [6.07, 6.45) is 16.5. The van der Waals surface area contributed by atoms with Crippen LogP contribution in [0, 0.1) is 35.5 Å². The number of nitrogens with one attached hydrogen (secondary N) is 1. The highest BCUT2D eigenvalue weighted by Crippen LogP contribution is 2.27. The molecule has 0 bridgehead atoms. The molecule has 0 aliphatic carbocycles. The van der Waals surface area contributed by atoms with Crippen LogP contribution in [0.4, 0.5) is 0 Å². The summed E-state index contributed by atoms with van der Waals surface area (Å²) >= 11 is 0. The predicted octanol–water partition coefficient (Wildman–Crippen LogP) is 6.26. The summed E-state index contributed by atoms with van der Waals surface area (Å²) in [5, 5.41) is 11.9. The predicted molar refractivity (Wildman–Crippen MR) is 200 cm³/mol. The third kappa shape index (κ3) is 12.5. The molecule has 272 valence electrons. The van der Waals surface area contributed by atoms with E-state index >= 15 is 0 Å². The second-order valence-electron chi connectivity index (χ2n) is 16.3. The Morgan fingerprint density at radius 1 is 0.667 bits per heavy atom. The molecule has 6 rings (SSSR count). The summed E-state index contributed by atoms with van der Waals surface area (Å²) in [5.41, 5.74) is 3.97. The van der Waals surface area contributed by atoms with Crippen molar-refractivity contribution in [3.63, 3.8) is 0 Å². The molecule has 4 aliphatic heterocycles. The third-order valence-corrected chi connectivity index (χ3v) is 11.5. The summed E-state index contributed by atoms with van der Waals surface area (Å²) < 4.78 is 3.77. The second kappa shape index (κ2) is 19.1. The molecule has 0 saturated carbocycles. The maximum absolute atomic E-state index is 4.43. The highest BCUT2D eigenvalue weighted by atomic mass is 15.3. The zero-order chi connectivity index (χ0) is 34.6. The monoisotopic (exact) mass is 666 g/mol. The molecular formula is C39H71N9.